The Hall–Kier alpha value is -1.42. The number of fused-ring (bicyclic) bond motifs is 2. The second-order valence-corrected chi connectivity index (χ2v) is 8.21. The number of methoxy groups -OCH3 is 1. The van der Waals surface area contributed by atoms with Crippen LogP contribution in [0.15, 0.2) is 24.3 Å². The summed E-state index contributed by atoms with van der Waals surface area (Å²) < 4.78 is 18.1. The minimum atomic E-state index is -0.194. The molecule has 0 radical (unpaired) electrons. The summed E-state index contributed by atoms with van der Waals surface area (Å²) in [6.07, 6.45) is 4.22. The van der Waals surface area contributed by atoms with Crippen molar-refractivity contribution in [1.29, 1.82) is 0 Å². The molecule has 0 unspecified atom stereocenters. The molecule has 1 saturated carbocycles. The van der Waals surface area contributed by atoms with Gasteiger partial charge in [0.15, 0.2) is 0 Å². The highest BCUT2D eigenvalue weighted by atomic mass is 19.1. The zero-order valence-corrected chi connectivity index (χ0v) is 15.2. The summed E-state index contributed by atoms with van der Waals surface area (Å²) >= 11 is 0. The molecule has 2 heterocycles. The number of piperidine rings is 1. The first kappa shape index (κ1) is 17.0. The third-order valence-electron chi connectivity index (χ3n) is 6.76. The van der Waals surface area contributed by atoms with E-state index in [-0.39, 0.29) is 36.4 Å². The summed E-state index contributed by atoms with van der Waals surface area (Å²) in [5.74, 6) is 0.791. The second kappa shape index (κ2) is 6.71. The molecule has 0 N–H and O–H groups in total. The van der Waals surface area contributed by atoms with Crippen molar-refractivity contribution in [2.24, 2.45) is 17.8 Å². The minimum absolute atomic E-state index is 0.0845. The van der Waals surface area contributed by atoms with E-state index < -0.39 is 0 Å². The lowest BCUT2D eigenvalue weighted by molar-refractivity contribution is -0.150. The number of carbonyl (C=O) groups is 1. The maximum atomic E-state index is 12.9. The molecule has 0 spiro atoms. The molecule has 0 amide bonds. The summed E-state index contributed by atoms with van der Waals surface area (Å²) in [5.41, 5.74) is 2.50. The highest BCUT2D eigenvalue weighted by Crippen LogP contribution is 2.50. The molecule has 3 fully saturated rings. The second-order valence-electron chi connectivity index (χ2n) is 8.21. The first-order valence-corrected chi connectivity index (χ1v) is 9.58. The van der Waals surface area contributed by atoms with Crippen molar-refractivity contribution in [3.8, 4) is 0 Å². The quantitative estimate of drug-likeness (QED) is 0.762. The lowest BCUT2D eigenvalue weighted by Gasteiger charge is -2.44. The van der Waals surface area contributed by atoms with E-state index in [2.05, 4.69) is 36.1 Å². The zero-order valence-electron chi connectivity index (χ0n) is 15.2. The number of hydrogen-bond acceptors (Lipinski definition) is 3. The fraction of sp³-hybridized carbons (Fsp3) is 0.667. The van der Waals surface area contributed by atoms with E-state index >= 15 is 0 Å². The maximum Gasteiger partial charge on any atom is 0.310 e. The predicted molar refractivity (Wildman–Crippen MR) is 95.1 cm³/mol. The average molecular weight is 345 g/mol. The third kappa shape index (κ3) is 3.10. The molecule has 2 bridgehead atoms. The maximum absolute atomic E-state index is 12.9. The summed E-state index contributed by atoms with van der Waals surface area (Å²) in [5, 5.41) is 0. The Bertz CT molecular complexity index is 631. The Morgan fingerprint density at radius 2 is 1.96 bits per heavy atom. The van der Waals surface area contributed by atoms with Gasteiger partial charge in [-0.1, -0.05) is 29.8 Å². The fourth-order valence-corrected chi connectivity index (χ4v) is 5.21. The van der Waals surface area contributed by atoms with Gasteiger partial charge in [0.05, 0.1) is 19.7 Å². The van der Waals surface area contributed by atoms with Crippen molar-refractivity contribution in [2.75, 3.05) is 20.3 Å². The Kier molecular flexibility index (Phi) is 4.57. The van der Waals surface area contributed by atoms with E-state index in [4.69, 9.17) is 4.74 Å². The minimum Gasteiger partial charge on any atom is -0.469 e. The Morgan fingerprint density at radius 1 is 1.20 bits per heavy atom. The van der Waals surface area contributed by atoms with Crippen LogP contribution in [0.5, 0.6) is 0 Å². The molecule has 4 heteroatoms. The Morgan fingerprint density at radius 3 is 2.60 bits per heavy atom. The monoisotopic (exact) mass is 345 g/mol. The van der Waals surface area contributed by atoms with Crippen LogP contribution in [-0.2, 0) is 9.53 Å². The van der Waals surface area contributed by atoms with Gasteiger partial charge in [0, 0.05) is 24.5 Å². The smallest absolute Gasteiger partial charge is 0.310 e. The van der Waals surface area contributed by atoms with E-state index in [1.165, 1.54) is 18.2 Å². The van der Waals surface area contributed by atoms with E-state index in [1.54, 1.807) is 0 Å². The third-order valence-corrected chi connectivity index (χ3v) is 6.76. The molecule has 1 aromatic carbocycles. The summed E-state index contributed by atoms with van der Waals surface area (Å²) in [6.45, 7) is 2.85. The van der Waals surface area contributed by atoms with Crippen LogP contribution < -0.4 is 0 Å². The van der Waals surface area contributed by atoms with Crippen molar-refractivity contribution >= 4 is 5.97 Å². The number of hydrogen-bond donors (Lipinski definition) is 0. The van der Waals surface area contributed by atoms with Crippen molar-refractivity contribution < 1.29 is 13.9 Å². The van der Waals surface area contributed by atoms with Crippen LogP contribution in [0.3, 0.4) is 0 Å². The average Bonchev–Trinajstić information content (AvgIpc) is 3.32. The predicted octanol–water partition coefficient (Wildman–Crippen LogP) is 3.71. The summed E-state index contributed by atoms with van der Waals surface area (Å²) in [6, 6.07) is 9.38. The number of rotatable bonds is 5. The first-order chi connectivity index (χ1) is 12.1. The van der Waals surface area contributed by atoms with E-state index in [0.29, 0.717) is 12.0 Å². The molecule has 2 aliphatic heterocycles. The Labute approximate surface area is 149 Å². The number of carbonyl (C=O) groups excluding carboxylic acids is 1. The molecule has 25 heavy (non-hydrogen) atoms. The lowest BCUT2D eigenvalue weighted by atomic mass is 9.75. The van der Waals surface area contributed by atoms with Crippen molar-refractivity contribution in [2.45, 2.75) is 50.6 Å². The molecule has 6 atom stereocenters. The molecule has 3 nitrogen and oxygen atoms in total. The van der Waals surface area contributed by atoms with Gasteiger partial charge in [-0.2, -0.15) is 0 Å². The number of benzene rings is 1. The SMILES string of the molecule is COC(=O)[C@H]1[C@@H](c2ccc(C)cc2)C[C@@H]2CC[C@H]1N2C[C@H]1C[C@@H]1CF. The zero-order chi connectivity index (χ0) is 17.6. The molecule has 4 rings (SSSR count). The summed E-state index contributed by atoms with van der Waals surface area (Å²) in [4.78, 5) is 15.2. The number of nitrogens with zero attached hydrogens (tertiary/aromatic N) is 1. The number of ether oxygens (including phenoxy) is 1. The van der Waals surface area contributed by atoms with Crippen LogP contribution in [-0.4, -0.2) is 43.3 Å². The van der Waals surface area contributed by atoms with Gasteiger partial charge in [-0.3, -0.25) is 14.1 Å². The van der Waals surface area contributed by atoms with Crippen LogP contribution in [0.1, 0.15) is 42.7 Å². The standard InChI is InChI=1S/C21H28FNO2/c1-13-3-5-14(6-4-13)18-10-17-7-8-19(20(18)21(24)25-2)23(17)12-16-9-15(16)11-22/h3-6,15-20H,7-12H2,1-2H3/t15-,16-,17+,18-,19-,20+/m1/s1. The van der Waals surface area contributed by atoms with Gasteiger partial charge in [0.25, 0.3) is 0 Å². The van der Waals surface area contributed by atoms with Gasteiger partial charge < -0.3 is 4.74 Å². The van der Waals surface area contributed by atoms with Crippen LogP contribution >= 0.6 is 0 Å². The fourth-order valence-electron chi connectivity index (χ4n) is 5.21. The molecule has 3 aliphatic rings. The normalized spacial score (nSPS) is 37.1. The number of halogens is 1. The van der Waals surface area contributed by atoms with Crippen molar-refractivity contribution in [1.82, 2.24) is 4.90 Å². The molecule has 136 valence electrons. The van der Waals surface area contributed by atoms with Crippen molar-refractivity contribution in [3.63, 3.8) is 0 Å². The highest BCUT2D eigenvalue weighted by Gasteiger charge is 2.52. The van der Waals surface area contributed by atoms with Gasteiger partial charge in [-0.25, -0.2) is 0 Å². The molecule has 0 aromatic heterocycles. The van der Waals surface area contributed by atoms with Gasteiger partial charge in [-0.15, -0.1) is 0 Å². The van der Waals surface area contributed by atoms with E-state index in [1.807, 2.05) is 0 Å². The number of aryl methyl sites for hydroxylation is 1. The van der Waals surface area contributed by atoms with Gasteiger partial charge in [-0.05, 0) is 50.0 Å². The largest absolute Gasteiger partial charge is 0.469 e. The van der Waals surface area contributed by atoms with Gasteiger partial charge in [0.1, 0.15) is 0 Å². The van der Waals surface area contributed by atoms with Crippen molar-refractivity contribution in [3.05, 3.63) is 35.4 Å². The highest BCUT2D eigenvalue weighted by molar-refractivity contribution is 5.75. The molecule has 1 aliphatic carbocycles. The van der Waals surface area contributed by atoms with Gasteiger partial charge in [0.2, 0.25) is 0 Å². The Balaban J connectivity index is 1.58. The topological polar surface area (TPSA) is 29.5 Å². The number of alkyl halides is 1. The first-order valence-electron chi connectivity index (χ1n) is 9.58. The van der Waals surface area contributed by atoms with E-state index in [0.717, 1.165) is 32.2 Å². The molecular weight excluding hydrogens is 317 g/mol. The van der Waals surface area contributed by atoms with Crippen LogP contribution in [0.2, 0.25) is 0 Å². The molecule has 1 aromatic rings. The van der Waals surface area contributed by atoms with Gasteiger partial charge >= 0.3 is 5.97 Å². The van der Waals surface area contributed by atoms with Crippen LogP contribution in [0.25, 0.3) is 0 Å². The van der Waals surface area contributed by atoms with Crippen LogP contribution in [0, 0.1) is 24.7 Å². The molecular formula is C21H28FNO2. The lowest BCUT2D eigenvalue weighted by Crippen LogP contribution is -2.51. The number of esters is 1. The van der Waals surface area contributed by atoms with E-state index in [9.17, 15) is 9.18 Å². The summed E-state index contributed by atoms with van der Waals surface area (Å²) in [7, 11) is 1.50. The van der Waals surface area contributed by atoms with Crippen LogP contribution in [0.4, 0.5) is 4.39 Å². The molecule has 2 saturated heterocycles.